The van der Waals surface area contributed by atoms with E-state index in [4.69, 9.17) is 5.73 Å². The van der Waals surface area contributed by atoms with Gasteiger partial charge in [-0.25, -0.2) is 18.7 Å². The quantitative estimate of drug-likeness (QED) is 0.580. The summed E-state index contributed by atoms with van der Waals surface area (Å²) in [4.78, 5) is 8.79. The smallest absolute Gasteiger partial charge is 0.227 e. The first-order valence-electron chi connectivity index (χ1n) is 9.22. The minimum absolute atomic E-state index is 0.240. The molecule has 2 aromatic carbocycles. The average Bonchev–Trinajstić information content (AvgIpc) is 3.53. The van der Waals surface area contributed by atoms with E-state index in [1.165, 1.54) is 6.07 Å². The highest BCUT2D eigenvalue weighted by molar-refractivity contribution is 5.53. The second-order valence-electron chi connectivity index (χ2n) is 6.87. The number of benzene rings is 2. The van der Waals surface area contributed by atoms with Crippen LogP contribution in [0.4, 0.5) is 20.4 Å². The molecule has 0 radical (unpaired) electrons. The number of hydrogen-bond acceptors (Lipinski definition) is 5. The van der Waals surface area contributed by atoms with E-state index in [1.807, 2.05) is 24.3 Å². The molecular weight excluding hydrogens is 360 g/mol. The summed E-state index contributed by atoms with van der Waals surface area (Å²) in [6, 6.07) is 12.6. The van der Waals surface area contributed by atoms with Crippen LogP contribution in [0.1, 0.15) is 35.7 Å². The van der Waals surface area contributed by atoms with E-state index in [1.54, 1.807) is 12.3 Å². The summed E-state index contributed by atoms with van der Waals surface area (Å²) in [6.45, 7) is 0.472. The number of rotatable bonds is 7. The van der Waals surface area contributed by atoms with Crippen molar-refractivity contribution in [2.75, 3.05) is 5.32 Å². The minimum atomic E-state index is -0.550. The molecule has 1 aromatic heterocycles. The molecule has 1 aliphatic carbocycles. The first-order valence-corrected chi connectivity index (χ1v) is 9.22. The third-order valence-corrected chi connectivity index (χ3v) is 4.67. The van der Waals surface area contributed by atoms with Crippen molar-refractivity contribution >= 4 is 11.6 Å². The van der Waals surface area contributed by atoms with Crippen molar-refractivity contribution in [3.05, 3.63) is 83.2 Å². The van der Waals surface area contributed by atoms with Gasteiger partial charge in [0.25, 0.3) is 0 Å². The Morgan fingerprint density at radius 2 is 1.86 bits per heavy atom. The normalized spacial score (nSPS) is 14.7. The highest BCUT2D eigenvalue weighted by atomic mass is 19.1. The van der Waals surface area contributed by atoms with Gasteiger partial charge in [0.05, 0.1) is 11.7 Å². The zero-order valence-electron chi connectivity index (χ0n) is 15.2. The van der Waals surface area contributed by atoms with E-state index in [-0.39, 0.29) is 11.6 Å². The molecule has 0 amide bonds. The Morgan fingerprint density at radius 3 is 2.57 bits per heavy atom. The monoisotopic (exact) mass is 381 g/mol. The Bertz CT molecular complexity index is 957. The van der Waals surface area contributed by atoms with E-state index < -0.39 is 17.7 Å². The summed E-state index contributed by atoms with van der Waals surface area (Å²) in [5.74, 6) is -0.561. The van der Waals surface area contributed by atoms with Crippen LogP contribution in [-0.4, -0.2) is 16.0 Å². The molecule has 0 bridgehead atoms. The van der Waals surface area contributed by atoms with E-state index in [0.717, 1.165) is 36.2 Å². The summed E-state index contributed by atoms with van der Waals surface area (Å²) in [5, 5.41) is 6.50. The Morgan fingerprint density at radius 1 is 1.07 bits per heavy atom. The van der Waals surface area contributed by atoms with Gasteiger partial charge in [-0.1, -0.05) is 12.1 Å². The lowest BCUT2D eigenvalue weighted by Gasteiger charge is -2.20. The van der Waals surface area contributed by atoms with Gasteiger partial charge in [0.2, 0.25) is 5.95 Å². The first-order chi connectivity index (χ1) is 13.6. The number of halogens is 2. The van der Waals surface area contributed by atoms with Crippen LogP contribution in [-0.2, 0) is 6.54 Å². The van der Waals surface area contributed by atoms with Gasteiger partial charge in [-0.05, 0) is 54.8 Å². The van der Waals surface area contributed by atoms with Crippen LogP contribution in [0.5, 0.6) is 0 Å². The van der Waals surface area contributed by atoms with Crippen molar-refractivity contribution in [2.45, 2.75) is 31.5 Å². The summed E-state index contributed by atoms with van der Waals surface area (Å²) in [7, 11) is 0. The predicted octanol–water partition coefficient (Wildman–Crippen LogP) is 3.80. The van der Waals surface area contributed by atoms with Gasteiger partial charge in [-0.3, -0.25) is 0 Å². The third-order valence-electron chi connectivity index (χ3n) is 4.67. The maximum absolute atomic E-state index is 14.4. The van der Waals surface area contributed by atoms with E-state index in [9.17, 15) is 8.78 Å². The summed E-state index contributed by atoms with van der Waals surface area (Å²) >= 11 is 0. The van der Waals surface area contributed by atoms with Gasteiger partial charge in [-0.2, -0.15) is 0 Å². The van der Waals surface area contributed by atoms with Gasteiger partial charge in [0, 0.05) is 30.0 Å². The van der Waals surface area contributed by atoms with Crippen LogP contribution in [0.2, 0.25) is 0 Å². The molecule has 1 heterocycles. The van der Waals surface area contributed by atoms with Gasteiger partial charge in [-0.15, -0.1) is 0 Å². The zero-order valence-corrected chi connectivity index (χ0v) is 15.2. The van der Waals surface area contributed by atoms with Crippen LogP contribution in [0.25, 0.3) is 0 Å². The largest absolute Gasteiger partial charge is 0.326 e. The lowest BCUT2D eigenvalue weighted by Crippen LogP contribution is -2.26. The number of nitrogens with two attached hydrogens (primary N) is 1. The van der Waals surface area contributed by atoms with Crippen LogP contribution in [0.3, 0.4) is 0 Å². The van der Waals surface area contributed by atoms with Gasteiger partial charge in [0.15, 0.2) is 0 Å². The minimum Gasteiger partial charge on any atom is -0.326 e. The number of aromatic nitrogens is 2. The van der Waals surface area contributed by atoms with Crippen LogP contribution < -0.4 is 16.4 Å². The molecule has 0 saturated heterocycles. The fourth-order valence-corrected chi connectivity index (χ4v) is 3.00. The van der Waals surface area contributed by atoms with Crippen molar-refractivity contribution < 1.29 is 8.78 Å². The van der Waals surface area contributed by atoms with Crippen molar-refractivity contribution in [1.29, 1.82) is 0 Å². The second kappa shape index (κ2) is 8.00. The molecule has 5 nitrogen and oxygen atoms in total. The highest BCUT2D eigenvalue weighted by Gasteiger charge is 2.29. The maximum Gasteiger partial charge on any atom is 0.227 e. The van der Waals surface area contributed by atoms with Crippen LogP contribution in [0, 0.1) is 11.6 Å². The fourth-order valence-electron chi connectivity index (χ4n) is 3.00. The van der Waals surface area contributed by atoms with Crippen molar-refractivity contribution in [1.82, 2.24) is 15.3 Å². The molecule has 1 atom stereocenters. The Kier molecular flexibility index (Phi) is 5.27. The number of nitrogens with one attached hydrogen (secondary N) is 2. The Balaban J connectivity index is 1.63. The Labute approximate surface area is 162 Å². The fraction of sp³-hybridized carbons (Fsp3) is 0.238. The Hall–Kier alpha value is -2.90. The molecule has 1 fully saturated rings. The highest BCUT2D eigenvalue weighted by Crippen LogP contribution is 2.30. The van der Waals surface area contributed by atoms with Crippen molar-refractivity contribution in [3.63, 3.8) is 0 Å². The lowest BCUT2D eigenvalue weighted by atomic mass is 10.0. The van der Waals surface area contributed by atoms with Gasteiger partial charge < -0.3 is 16.4 Å². The number of hydrogen-bond donors (Lipinski definition) is 3. The molecule has 4 rings (SSSR count). The first kappa shape index (κ1) is 18.5. The van der Waals surface area contributed by atoms with Crippen molar-refractivity contribution in [2.24, 2.45) is 5.73 Å². The molecule has 1 unspecified atom stereocenters. The van der Waals surface area contributed by atoms with E-state index in [2.05, 4.69) is 20.6 Å². The van der Waals surface area contributed by atoms with E-state index >= 15 is 0 Å². The molecule has 144 valence electrons. The maximum atomic E-state index is 14.4. The average molecular weight is 381 g/mol. The number of anilines is 2. The summed E-state index contributed by atoms with van der Waals surface area (Å²) in [5.41, 5.74) is 8.28. The molecule has 7 heteroatoms. The van der Waals surface area contributed by atoms with Crippen LogP contribution >= 0.6 is 0 Å². The second-order valence-corrected chi connectivity index (χ2v) is 6.87. The molecule has 1 saturated carbocycles. The molecule has 4 N–H and O–H groups in total. The molecular formula is C21H21F2N5. The SMILES string of the molecule is NCc1ccc(Nc2nccc(C(NC3CC3)c3cc(F)ccc3F)n2)cc1. The summed E-state index contributed by atoms with van der Waals surface area (Å²) < 4.78 is 28.2. The van der Waals surface area contributed by atoms with Crippen LogP contribution in [0.15, 0.2) is 54.7 Å². The molecule has 28 heavy (non-hydrogen) atoms. The topological polar surface area (TPSA) is 75.9 Å². The molecule has 0 spiro atoms. The lowest BCUT2D eigenvalue weighted by molar-refractivity contribution is 0.528. The zero-order chi connectivity index (χ0) is 19.5. The third kappa shape index (κ3) is 4.32. The molecule has 3 aromatic rings. The van der Waals surface area contributed by atoms with Gasteiger partial charge >= 0.3 is 0 Å². The summed E-state index contributed by atoms with van der Waals surface area (Å²) in [6.07, 6.45) is 3.63. The van der Waals surface area contributed by atoms with Crippen molar-refractivity contribution in [3.8, 4) is 0 Å². The number of nitrogens with zero attached hydrogens (tertiary/aromatic N) is 2. The van der Waals surface area contributed by atoms with E-state index in [0.29, 0.717) is 18.2 Å². The molecule has 0 aliphatic heterocycles. The molecule has 1 aliphatic rings. The van der Waals surface area contributed by atoms with Gasteiger partial charge in [0.1, 0.15) is 11.6 Å². The standard InChI is InChI=1S/C21H21F2N5/c22-14-3-8-18(23)17(11-14)20(26-15-6-7-15)19-9-10-25-21(28-19)27-16-4-1-13(12-24)2-5-16/h1-5,8-11,15,20,26H,6-7,12,24H2,(H,25,27,28). The predicted molar refractivity (Wildman–Crippen MR) is 104 cm³/mol.